The molecule has 0 aliphatic rings. The Labute approximate surface area is 206 Å². The topological polar surface area (TPSA) is 38.9 Å². The summed E-state index contributed by atoms with van der Waals surface area (Å²) in [6, 6.07) is 35.8. The molecule has 0 unspecified atom stereocenters. The molecule has 0 amide bonds. The van der Waals surface area contributed by atoms with Gasteiger partial charge in [-0.05, 0) is 48.4 Å². The molecule has 0 aliphatic carbocycles. The van der Waals surface area contributed by atoms with Crippen LogP contribution in [0.1, 0.15) is 5.69 Å². The molecule has 0 fully saturated rings. The van der Waals surface area contributed by atoms with Gasteiger partial charge in [0, 0.05) is 32.5 Å². The molecular formula is C31H20N2OS. The van der Waals surface area contributed by atoms with E-state index in [1.54, 1.807) is 11.3 Å². The molecule has 0 N–H and O–H groups in total. The van der Waals surface area contributed by atoms with E-state index < -0.39 is 0 Å². The van der Waals surface area contributed by atoms with E-state index in [1.807, 2.05) is 13.0 Å². The number of pyridine rings is 2. The standard InChI is InChI=1S/C31H20N2OS/c1-19-15-16-23-22-13-8-14-24(29(22)34-31(23)32-19)25-17-18-26-28(33-25)27(20-9-4-2-5-10-20)30(35-26)21-11-6-3-7-12-21/h2-18H,1H3. The Morgan fingerprint density at radius 2 is 1.43 bits per heavy atom. The van der Waals surface area contributed by atoms with E-state index in [0.717, 1.165) is 38.8 Å². The average Bonchev–Trinajstić information content (AvgIpc) is 3.47. The quantitative estimate of drug-likeness (QED) is 0.260. The fraction of sp³-hybridized carbons (Fsp3) is 0.0323. The number of aryl methyl sites for hydroxylation is 1. The molecule has 0 radical (unpaired) electrons. The summed E-state index contributed by atoms with van der Waals surface area (Å²) in [5.41, 5.74) is 8.87. The summed E-state index contributed by atoms with van der Waals surface area (Å²) >= 11 is 1.79. The second-order valence-electron chi connectivity index (χ2n) is 8.67. The Hall–Kier alpha value is -4.28. The molecule has 4 heterocycles. The summed E-state index contributed by atoms with van der Waals surface area (Å²) in [5, 5.41) is 2.09. The predicted molar refractivity (Wildman–Crippen MR) is 146 cm³/mol. The van der Waals surface area contributed by atoms with Crippen LogP contribution in [-0.4, -0.2) is 9.97 Å². The van der Waals surface area contributed by atoms with Gasteiger partial charge in [0.1, 0.15) is 5.58 Å². The Kier molecular flexibility index (Phi) is 4.54. The minimum atomic E-state index is 0.667. The Balaban J connectivity index is 1.50. The number of thiophene rings is 1. The van der Waals surface area contributed by atoms with Crippen LogP contribution >= 0.6 is 11.3 Å². The highest BCUT2D eigenvalue weighted by molar-refractivity contribution is 7.23. The van der Waals surface area contributed by atoms with Gasteiger partial charge in [0.15, 0.2) is 0 Å². The summed E-state index contributed by atoms with van der Waals surface area (Å²) in [6.07, 6.45) is 0. The number of benzene rings is 3. The molecule has 7 rings (SSSR count). The summed E-state index contributed by atoms with van der Waals surface area (Å²) in [6.45, 7) is 1.98. The number of para-hydroxylation sites is 1. The van der Waals surface area contributed by atoms with Gasteiger partial charge in [0.2, 0.25) is 5.71 Å². The maximum absolute atomic E-state index is 6.27. The minimum Gasteiger partial charge on any atom is -0.437 e. The lowest BCUT2D eigenvalue weighted by Gasteiger charge is -2.06. The maximum atomic E-state index is 6.27. The summed E-state index contributed by atoms with van der Waals surface area (Å²) < 4.78 is 7.44. The van der Waals surface area contributed by atoms with E-state index in [2.05, 4.69) is 102 Å². The molecule has 0 saturated carbocycles. The Morgan fingerprint density at radius 3 is 2.23 bits per heavy atom. The number of hydrogen-bond donors (Lipinski definition) is 0. The average molecular weight is 469 g/mol. The molecular weight excluding hydrogens is 448 g/mol. The number of rotatable bonds is 3. The van der Waals surface area contributed by atoms with Crippen molar-refractivity contribution >= 4 is 43.6 Å². The molecule has 35 heavy (non-hydrogen) atoms. The van der Waals surface area contributed by atoms with Crippen LogP contribution in [0.25, 0.3) is 65.1 Å². The van der Waals surface area contributed by atoms with Crippen molar-refractivity contribution in [2.75, 3.05) is 0 Å². The first-order valence-electron chi connectivity index (χ1n) is 11.6. The lowest BCUT2D eigenvalue weighted by Crippen LogP contribution is -1.87. The van der Waals surface area contributed by atoms with E-state index in [0.29, 0.717) is 5.71 Å². The zero-order chi connectivity index (χ0) is 23.4. The molecule has 3 nitrogen and oxygen atoms in total. The summed E-state index contributed by atoms with van der Waals surface area (Å²) in [7, 11) is 0. The van der Waals surface area contributed by atoms with Crippen molar-refractivity contribution in [1.82, 2.24) is 9.97 Å². The van der Waals surface area contributed by atoms with Gasteiger partial charge in [0.05, 0.1) is 15.9 Å². The third-order valence-corrected chi connectivity index (χ3v) is 7.61. The fourth-order valence-electron chi connectivity index (χ4n) is 4.76. The van der Waals surface area contributed by atoms with Crippen LogP contribution < -0.4 is 0 Å². The molecule has 0 saturated heterocycles. The van der Waals surface area contributed by atoms with Crippen molar-refractivity contribution in [2.45, 2.75) is 6.92 Å². The number of nitrogens with zero attached hydrogens (tertiary/aromatic N) is 2. The van der Waals surface area contributed by atoms with Crippen LogP contribution in [0.5, 0.6) is 0 Å². The number of furan rings is 1. The van der Waals surface area contributed by atoms with Crippen LogP contribution in [0.15, 0.2) is 108 Å². The second kappa shape index (κ2) is 7.90. The number of fused-ring (bicyclic) bond motifs is 4. The van der Waals surface area contributed by atoms with Crippen molar-refractivity contribution in [1.29, 1.82) is 0 Å². The molecule has 4 heteroatoms. The number of aromatic nitrogens is 2. The van der Waals surface area contributed by atoms with Gasteiger partial charge in [0.25, 0.3) is 0 Å². The first kappa shape index (κ1) is 20.1. The molecule has 4 aromatic heterocycles. The number of hydrogen-bond acceptors (Lipinski definition) is 4. The highest BCUT2D eigenvalue weighted by atomic mass is 32.1. The van der Waals surface area contributed by atoms with Gasteiger partial charge < -0.3 is 4.42 Å². The lowest BCUT2D eigenvalue weighted by molar-refractivity contribution is 0.653. The van der Waals surface area contributed by atoms with Gasteiger partial charge in [-0.15, -0.1) is 11.3 Å². The van der Waals surface area contributed by atoms with Crippen molar-refractivity contribution < 1.29 is 4.42 Å². The van der Waals surface area contributed by atoms with Crippen LogP contribution in [0.4, 0.5) is 0 Å². The van der Waals surface area contributed by atoms with Crippen LogP contribution in [0.3, 0.4) is 0 Å². The van der Waals surface area contributed by atoms with Gasteiger partial charge in [-0.2, -0.15) is 0 Å². The maximum Gasteiger partial charge on any atom is 0.227 e. The van der Waals surface area contributed by atoms with Gasteiger partial charge in [-0.25, -0.2) is 9.97 Å². The fourth-order valence-corrected chi connectivity index (χ4v) is 5.94. The van der Waals surface area contributed by atoms with Gasteiger partial charge >= 0.3 is 0 Å². The zero-order valence-electron chi connectivity index (χ0n) is 19.0. The van der Waals surface area contributed by atoms with Crippen LogP contribution in [-0.2, 0) is 0 Å². The van der Waals surface area contributed by atoms with Crippen molar-refractivity contribution in [2.24, 2.45) is 0 Å². The second-order valence-corrected chi connectivity index (χ2v) is 9.72. The van der Waals surface area contributed by atoms with E-state index in [1.165, 1.54) is 26.3 Å². The molecule has 0 atom stereocenters. The highest BCUT2D eigenvalue weighted by Gasteiger charge is 2.19. The van der Waals surface area contributed by atoms with Crippen LogP contribution in [0, 0.1) is 6.92 Å². The monoisotopic (exact) mass is 468 g/mol. The molecule has 0 bridgehead atoms. The summed E-state index contributed by atoms with van der Waals surface area (Å²) in [5.74, 6) is 0. The largest absolute Gasteiger partial charge is 0.437 e. The third kappa shape index (κ3) is 3.26. The van der Waals surface area contributed by atoms with E-state index >= 15 is 0 Å². The molecule has 0 spiro atoms. The Morgan fingerprint density at radius 1 is 0.657 bits per heavy atom. The third-order valence-electron chi connectivity index (χ3n) is 6.41. The molecule has 166 valence electrons. The van der Waals surface area contributed by atoms with E-state index in [4.69, 9.17) is 9.40 Å². The smallest absolute Gasteiger partial charge is 0.227 e. The first-order valence-corrected chi connectivity index (χ1v) is 12.4. The summed E-state index contributed by atoms with van der Waals surface area (Å²) in [4.78, 5) is 11.1. The van der Waals surface area contributed by atoms with Crippen LogP contribution in [0.2, 0.25) is 0 Å². The van der Waals surface area contributed by atoms with Gasteiger partial charge in [-0.3, -0.25) is 0 Å². The minimum absolute atomic E-state index is 0.667. The Bertz CT molecular complexity index is 1850. The van der Waals surface area contributed by atoms with Crippen molar-refractivity contribution in [3.8, 4) is 32.8 Å². The van der Waals surface area contributed by atoms with Crippen molar-refractivity contribution in [3.05, 3.63) is 109 Å². The normalized spacial score (nSPS) is 11.6. The SMILES string of the molecule is Cc1ccc2c(n1)oc1c(-c3ccc4sc(-c5ccccc5)c(-c5ccccc5)c4n3)cccc12. The van der Waals surface area contributed by atoms with Gasteiger partial charge in [-0.1, -0.05) is 72.8 Å². The highest BCUT2D eigenvalue weighted by Crippen LogP contribution is 2.45. The molecule has 3 aromatic carbocycles. The molecule has 7 aromatic rings. The zero-order valence-corrected chi connectivity index (χ0v) is 19.8. The first-order chi connectivity index (χ1) is 17.3. The molecule has 0 aliphatic heterocycles. The van der Waals surface area contributed by atoms with E-state index in [-0.39, 0.29) is 0 Å². The van der Waals surface area contributed by atoms with E-state index in [9.17, 15) is 0 Å². The lowest BCUT2D eigenvalue weighted by atomic mass is 10.0. The van der Waals surface area contributed by atoms with Crippen molar-refractivity contribution in [3.63, 3.8) is 0 Å². The predicted octanol–water partition coefficient (Wildman–Crippen LogP) is 8.90.